The predicted molar refractivity (Wildman–Crippen MR) is 90.8 cm³/mol. The Bertz CT molecular complexity index is 818. The highest BCUT2D eigenvalue weighted by Gasteiger charge is 2.44. The predicted octanol–water partition coefficient (Wildman–Crippen LogP) is 0.927. The first-order chi connectivity index (χ1) is 12.7. The topological polar surface area (TPSA) is 86.8 Å². The molecule has 0 saturated carbocycles. The molecule has 26 heavy (non-hydrogen) atoms. The van der Waals surface area contributed by atoms with Crippen molar-refractivity contribution >= 4 is 5.91 Å². The maximum atomic E-state index is 12.7. The van der Waals surface area contributed by atoms with Crippen molar-refractivity contribution in [3.63, 3.8) is 0 Å². The van der Waals surface area contributed by atoms with Crippen LogP contribution < -0.4 is 5.56 Å². The van der Waals surface area contributed by atoms with Crippen LogP contribution in [0, 0.1) is 0 Å². The summed E-state index contributed by atoms with van der Waals surface area (Å²) in [5, 5.41) is 4.09. The van der Waals surface area contributed by atoms with E-state index in [-0.39, 0.29) is 17.6 Å². The van der Waals surface area contributed by atoms with Crippen molar-refractivity contribution in [2.75, 3.05) is 26.3 Å². The summed E-state index contributed by atoms with van der Waals surface area (Å²) in [6, 6.07) is 4.76. The molecule has 8 heteroatoms. The average Bonchev–Trinajstić information content (AvgIpc) is 3.25. The zero-order valence-corrected chi connectivity index (χ0v) is 14.4. The van der Waals surface area contributed by atoms with Gasteiger partial charge in [-0.2, -0.15) is 5.10 Å². The molecule has 2 aliphatic rings. The Kier molecular flexibility index (Phi) is 4.60. The van der Waals surface area contributed by atoms with Crippen LogP contribution in [0.2, 0.25) is 0 Å². The van der Waals surface area contributed by atoms with Crippen LogP contribution in [0.1, 0.15) is 23.2 Å². The summed E-state index contributed by atoms with van der Waals surface area (Å²) < 4.78 is 18.4. The third-order valence-electron chi connectivity index (χ3n) is 4.91. The Labute approximate surface area is 150 Å². The number of rotatable bonds is 3. The third-order valence-corrected chi connectivity index (χ3v) is 4.91. The standard InChI is InChI=1S/C18H21N3O5/c22-16-2-1-6-19-21(16)10-15-3-5-18(26-15)12-20(7-9-25-13-18)17(23)14-4-8-24-11-14/h1-2,4,6,8,11,15H,3,5,7,9-10,12-13H2. The van der Waals surface area contributed by atoms with Gasteiger partial charge >= 0.3 is 0 Å². The van der Waals surface area contributed by atoms with Gasteiger partial charge in [-0.1, -0.05) is 0 Å². The molecule has 0 N–H and O–H groups in total. The summed E-state index contributed by atoms with van der Waals surface area (Å²) in [4.78, 5) is 26.3. The first-order valence-electron chi connectivity index (χ1n) is 8.74. The van der Waals surface area contributed by atoms with Crippen LogP contribution in [0.5, 0.6) is 0 Å². The number of aromatic nitrogens is 2. The SMILES string of the molecule is O=C(c1ccoc1)N1CCOCC2(CCC(Cn3ncccc3=O)O2)C1. The number of furan rings is 1. The summed E-state index contributed by atoms with van der Waals surface area (Å²) in [6.45, 7) is 2.29. The molecule has 1 spiro atoms. The minimum Gasteiger partial charge on any atom is -0.472 e. The Balaban J connectivity index is 1.46. The molecule has 2 aromatic rings. The lowest BCUT2D eigenvalue weighted by Gasteiger charge is -2.31. The van der Waals surface area contributed by atoms with Crippen LogP contribution in [0.15, 0.2) is 46.1 Å². The number of amides is 1. The van der Waals surface area contributed by atoms with Gasteiger partial charge in [-0.15, -0.1) is 0 Å². The molecule has 8 nitrogen and oxygen atoms in total. The molecular weight excluding hydrogens is 338 g/mol. The van der Waals surface area contributed by atoms with Gasteiger partial charge in [0.25, 0.3) is 11.5 Å². The minimum atomic E-state index is -0.543. The van der Waals surface area contributed by atoms with Crippen LogP contribution >= 0.6 is 0 Å². The number of ether oxygens (including phenoxy) is 2. The van der Waals surface area contributed by atoms with Gasteiger partial charge in [0, 0.05) is 18.8 Å². The van der Waals surface area contributed by atoms with E-state index in [2.05, 4.69) is 5.10 Å². The fraction of sp³-hybridized carbons (Fsp3) is 0.500. The molecule has 0 aromatic carbocycles. The van der Waals surface area contributed by atoms with Crippen molar-refractivity contribution < 1.29 is 18.7 Å². The van der Waals surface area contributed by atoms with Crippen LogP contribution in [0.3, 0.4) is 0 Å². The molecule has 4 rings (SSSR count). The van der Waals surface area contributed by atoms with Crippen molar-refractivity contribution in [2.45, 2.75) is 31.1 Å². The first-order valence-corrected chi connectivity index (χ1v) is 8.74. The highest BCUT2D eigenvalue weighted by Crippen LogP contribution is 2.33. The van der Waals surface area contributed by atoms with Crippen LogP contribution in [0.25, 0.3) is 0 Å². The van der Waals surface area contributed by atoms with Gasteiger partial charge in [-0.25, -0.2) is 4.68 Å². The van der Waals surface area contributed by atoms with Gasteiger partial charge in [0.05, 0.1) is 44.2 Å². The molecule has 4 heterocycles. The fourth-order valence-electron chi connectivity index (χ4n) is 3.61. The quantitative estimate of drug-likeness (QED) is 0.810. The Morgan fingerprint density at radius 1 is 1.38 bits per heavy atom. The number of nitrogens with zero attached hydrogens (tertiary/aromatic N) is 3. The highest BCUT2D eigenvalue weighted by molar-refractivity contribution is 5.93. The smallest absolute Gasteiger partial charge is 0.266 e. The zero-order valence-electron chi connectivity index (χ0n) is 14.4. The van der Waals surface area contributed by atoms with Crippen LogP contribution in [0.4, 0.5) is 0 Å². The van der Waals surface area contributed by atoms with E-state index in [0.717, 1.165) is 12.8 Å². The number of carbonyl (C=O) groups excluding carboxylic acids is 1. The lowest BCUT2D eigenvalue weighted by atomic mass is 10.00. The normalized spacial score (nSPS) is 26.2. The molecule has 0 aliphatic carbocycles. The van der Waals surface area contributed by atoms with Crippen LogP contribution in [-0.2, 0) is 16.0 Å². The van der Waals surface area contributed by atoms with Crippen molar-refractivity contribution in [3.05, 3.63) is 52.8 Å². The maximum absolute atomic E-state index is 12.7. The van der Waals surface area contributed by atoms with E-state index in [1.54, 1.807) is 23.2 Å². The van der Waals surface area contributed by atoms with Gasteiger partial charge < -0.3 is 18.8 Å². The van der Waals surface area contributed by atoms with Gasteiger partial charge in [0.2, 0.25) is 0 Å². The van der Waals surface area contributed by atoms with Crippen molar-refractivity contribution in [1.82, 2.24) is 14.7 Å². The number of hydrogen-bond acceptors (Lipinski definition) is 6. The van der Waals surface area contributed by atoms with Crippen molar-refractivity contribution in [2.24, 2.45) is 0 Å². The van der Waals surface area contributed by atoms with Gasteiger partial charge in [0.15, 0.2) is 0 Å². The molecule has 2 atom stereocenters. The third kappa shape index (κ3) is 3.42. The van der Waals surface area contributed by atoms with Gasteiger partial charge in [0.1, 0.15) is 11.9 Å². The number of carbonyl (C=O) groups is 1. The first kappa shape index (κ1) is 17.0. The highest BCUT2D eigenvalue weighted by atomic mass is 16.6. The Hall–Kier alpha value is -2.45. The Morgan fingerprint density at radius 2 is 2.31 bits per heavy atom. The number of hydrogen-bond donors (Lipinski definition) is 0. The van der Waals surface area contributed by atoms with E-state index in [4.69, 9.17) is 13.9 Å². The molecule has 2 aromatic heterocycles. The van der Waals surface area contributed by atoms with E-state index >= 15 is 0 Å². The molecule has 2 fully saturated rings. The molecular formula is C18H21N3O5. The second kappa shape index (κ2) is 7.05. The average molecular weight is 359 g/mol. The lowest BCUT2D eigenvalue weighted by molar-refractivity contribution is -0.0883. The molecule has 2 unspecified atom stereocenters. The van der Waals surface area contributed by atoms with Crippen LogP contribution in [-0.4, -0.2) is 58.6 Å². The van der Waals surface area contributed by atoms with Crippen molar-refractivity contribution in [1.29, 1.82) is 0 Å². The zero-order chi connectivity index (χ0) is 18.0. The lowest BCUT2D eigenvalue weighted by Crippen LogP contribution is -2.47. The van der Waals surface area contributed by atoms with Gasteiger partial charge in [-0.3, -0.25) is 9.59 Å². The second-order valence-corrected chi connectivity index (χ2v) is 6.80. The molecule has 2 aliphatic heterocycles. The van der Waals surface area contributed by atoms with E-state index in [0.29, 0.717) is 38.4 Å². The largest absolute Gasteiger partial charge is 0.472 e. The van der Waals surface area contributed by atoms with E-state index < -0.39 is 5.60 Å². The summed E-state index contributed by atoms with van der Waals surface area (Å²) in [6.07, 6.45) is 5.97. The summed E-state index contributed by atoms with van der Waals surface area (Å²) in [5.74, 6) is -0.0865. The molecule has 0 bridgehead atoms. The molecule has 1 amide bonds. The van der Waals surface area contributed by atoms with Gasteiger partial charge in [-0.05, 0) is 25.0 Å². The second-order valence-electron chi connectivity index (χ2n) is 6.80. The monoisotopic (exact) mass is 359 g/mol. The maximum Gasteiger partial charge on any atom is 0.266 e. The summed E-state index contributed by atoms with van der Waals surface area (Å²) >= 11 is 0. The molecule has 2 saturated heterocycles. The fourth-order valence-corrected chi connectivity index (χ4v) is 3.61. The summed E-state index contributed by atoms with van der Waals surface area (Å²) in [7, 11) is 0. The Morgan fingerprint density at radius 3 is 3.12 bits per heavy atom. The summed E-state index contributed by atoms with van der Waals surface area (Å²) in [5.41, 5.74) is -0.165. The van der Waals surface area contributed by atoms with E-state index in [1.165, 1.54) is 23.3 Å². The van der Waals surface area contributed by atoms with E-state index in [1.807, 2.05) is 0 Å². The minimum absolute atomic E-state index is 0.0865. The van der Waals surface area contributed by atoms with Crippen molar-refractivity contribution in [3.8, 4) is 0 Å². The van der Waals surface area contributed by atoms with E-state index in [9.17, 15) is 9.59 Å². The molecule has 0 radical (unpaired) electrons. The molecule has 138 valence electrons.